The van der Waals surface area contributed by atoms with E-state index >= 15 is 0 Å². The summed E-state index contributed by atoms with van der Waals surface area (Å²) in [5.41, 5.74) is -1.98. The van der Waals surface area contributed by atoms with Crippen LogP contribution in [0.25, 0.3) is 0 Å². The van der Waals surface area contributed by atoms with Crippen LogP contribution in [0.3, 0.4) is 0 Å². The van der Waals surface area contributed by atoms with Gasteiger partial charge in [-0.1, -0.05) is 18.2 Å². The minimum Gasteiger partial charge on any atom is -0.465 e. The Morgan fingerprint density at radius 1 is 1.12 bits per heavy atom. The molecule has 230 valence electrons. The molecule has 2 aromatic rings. The number of nitrogens with zero attached hydrogens (tertiary/aromatic N) is 2. The summed E-state index contributed by atoms with van der Waals surface area (Å²) in [5, 5.41) is 13.6. The molecule has 2 aromatic carbocycles. The maximum atomic E-state index is 13.7. The highest BCUT2D eigenvalue weighted by molar-refractivity contribution is 6.06. The van der Waals surface area contributed by atoms with E-state index in [2.05, 4.69) is 10.6 Å². The number of carbonyl (C=O) groups is 5. The smallest absolute Gasteiger partial charge is 0.418 e. The van der Waals surface area contributed by atoms with Crippen LogP contribution in [-0.2, 0) is 37.7 Å². The molecule has 2 aliphatic rings. The molecule has 3 N–H and O–H groups in total. The van der Waals surface area contributed by atoms with Gasteiger partial charge in [0.1, 0.15) is 23.9 Å². The Morgan fingerprint density at radius 2 is 1.77 bits per heavy atom. The number of halogens is 4. The van der Waals surface area contributed by atoms with Crippen molar-refractivity contribution in [2.24, 2.45) is 0 Å². The van der Waals surface area contributed by atoms with Crippen LogP contribution in [-0.4, -0.2) is 69.1 Å². The lowest BCUT2D eigenvalue weighted by Crippen LogP contribution is -2.51. The minimum atomic E-state index is -4.83. The van der Waals surface area contributed by atoms with Crippen LogP contribution in [0.5, 0.6) is 0 Å². The Kier molecular flexibility index (Phi) is 8.13. The van der Waals surface area contributed by atoms with Crippen LogP contribution in [0.2, 0.25) is 0 Å². The van der Waals surface area contributed by atoms with Crippen molar-refractivity contribution in [2.75, 3.05) is 11.9 Å². The number of nitrogens with one attached hydrogen (secondary N) is 2. The summed E-state index contributed by atoms with van der Waals surface area (Å²) in [6, 6.07) is 6.61. The zero-order valence-electron chi connectivity index (χ0n) is 23.3. The monoisotopic (exact) mass is 608 g/mol. The van der Waals surface area contributed by atoms with E-state index in [1.54, 1.807) is 0 Å². The van der Waals surface area contributed by atoms with Gasteiger partial charge in [0, 0.05) is 24.2 Å². The molecule has 4 rings (SSSR count). The average molecular weight is 609 g/mol. The van der Waals surface area contributed by atoms with Crippen molar-refractivity contribution >= 4 is 35.6 Å². The van der Waals surface area contributed by atoms with Gasteiger partial charge in [-0.15, -0.1) is 0 Å². The maximum Gasteiger partial charge on any atom is 0.418 e. The lowest BCUT2D eigenvalue weighted by molar-refractivity contribution is -0.187. The third-order valence-electron chi connectivity index (χ3n) is 7.43. The Hall–Kier alpha value is -4.69. The largest absolute Gasteiger partial charge is 0.465 e. The van der Waals surface area contributed by atoms with E-state index in [1.807, 2.05) is 0 Å². The van der Waals surface area contributed by atoms with Gasteiger partial charge in [-0.2, -0.15) is 13.2 Å². The summed E-state index contributed by atoms with van der Waals surface area (Å²) in [7, 11) is 0. The lowest BCUT2D eigenvalue weighted by atomic mass is 9.94. The Balaban J connectivity index is 1.53. The fourth-order valence-corrected chi connectivity index (χ4v) is 4.97. The normalized spacial score (nSPS) is 18.7. The molecule has 2 atom stereocenters. The standard InChI is InChI=1S/C28H28F4N4O7/c1-15(28(30,31)32)35(13-16-4-6-18(29)7-5-16)21(37)14-36-23(39)27(43-25(36)42)11-10-17-12-19(8-9-20(17)27)33-22(38)26(2,3)34-24(40)41/h4-9,12,15,34H,10-11,13-14H2,1-3H3,(H,33,38)(H,40,41)/t15-,27+/m0/s1. The predicted molar refractivity (Wildman–Crippen MR) is 141 cm³/mol. The predicted octanol–water partition coefficient (Wildman–Crippen LogP) is 3.91. The quantitative estimate of drug-likeness (QED) is 0.386. The van der Waals surface area contributed by atoms with Gasteiger partial charge in [0.2, 0.25) is 17.4 Å². The number of alkyl halides is 3. The van der Waals surface area contributed by atoms with Crippen molar-refractivity contribution in [2.45, 2.75) is 63.5 Å². The van der Waals surface area contributed by atoms with E-state index in [9.17, 15) is 41.5 Å². The van der Waals surface area contributed by atoms with Gasteiger partial charge in [-0.3, -0.25) is 14.4 Å². The fraction of sp³-hybridized carbons (Fsp3) is 0.393. The molecule has 1 heterocycles. The molecular formula is C28H28F4N4O7. The molecule has 0 saturated carbocycles. The molecule has 1 fully saturated rings. The first-order valence-electron chi connectivity index (χ1n) is 13.1. The number of ether oxygens (including phenoxy) is 1. The number of amides is 5. The lowest BCUT2D eigenvalue weighted by Gasteiger charge is -2.31. The molecule has 0 radical (unpaired) electrons. The van der Waals surface area contributed by atoms with Gasteiger partial charge in [0.25, 0.3) is 5.91 Å². The van der Waals surface area contributed by atoms with Crippen LogP contribution in [0.1, 0.15) is 43.9 Å². The topological polar surface area (TPSA) is 145 Å². The number of hydrogen-bond acceptors (Lipinski definition) is 6. The number of carbonyl (C=O) groups excluding carboxylic acids is 4. The molecule has 11 nitrogen and oxygen atoms in total. The molecule has 43 heavy (non-hydrogen) atoms. The summed E-state index contributed by atoms with van der Waals surface area (Å²) < 4.78 is 59.7. The first-order chi connectivity index (χ1) is 19.9. The number of hydrogen-bond donors (Lipinski definition) is 3. The molecule has 0 bridgehead atoms. The Labute approximate surface area is 242 Å². The minimum absolute atomic E-state index is 0.0146. The van der Waals surface area contributed by atoms with Crippen LogP contribution >= 0.6 is 0 Å². The van der Waals surface area contributed by atoms with E-state index in [4.69, 9.17) is 9.84 Å². The third kappa shape index (κ3) is 6.24. The highest BCUT2D eigenvalue weighted by Crippen LogP contribution is 2.46. The second-order valence-corrected chi connectivity index (χ2v) is 10.8. The van der Waals surface area contributed by atoms with Gasteiger partial charge in [-0.25, -0.2) is 18.9 Å². The van der Waals surface area contributed by atoms with Crippen LogP contribution in [0.15, 0.2) is 42.5 Å². The first-order valence-corrected chi connectivity index (χ1v) is 13.1. The van der Waals surface area contributed by atoms with Crippen molar-refractivity contribution in [1.29, 1.82) is 0 Å². The average Bonchev–Trinajstić information content (AvgIpc) is 3.38. The van der Waals surface area contributed by atoms with Gasteiger partial charge < -0.3 is 25.4 Å². The van der Waals surface area contributed by atoms with Gasteiger partial charge >= 0.3 is 18.4 Å². The maximum absolute atomic E-state index is 13.7. The van der Waals surface area contributed by atoms with Gasteiger partial charge in [0.05, 0.1) is 0 Å². The zero-order chi connectivity index (χ0) is 31.9. The van der Waals surface area contributed by atoms with E-state index in [0.717, 1.165) is 19.1 Å². The van der Waals surface area contributed by atoms with Crippen molar-refractivity contribution in [1.82, 2.24) is 15.1 Å². The van der Waals surface area contributed by atoms with Crippen molar-refractivity contribution in [3.8, 4) is 0 Å². The SMILES string of the molecule is C[C@H](N(Cc1ccc(F)cc1)C(=O)CN1C(=O)O[C@@]2(CCc3cc(NC(=O)C(C)(C)NC(=O)O)ccc32)C1=O)C(F)(F)F. The number of benzene rings is 2. The summed E-state index contributed by atoms with van der Waals surface area (Å²) in [6.07, 6.45) is -7.22. The summed E-state index contributed by atoms with van der Waals surface area (Å²) in [4.78, 5) is 64.0. The number of carboxylic acid groups (broad SMARTS) is 1. The molecule has 0 unspecified atom stereocenters. The molecule has 1 aliphatic heterocycles. The number of aryl methyl sites for hydroxylation is 1. The molecule has 0 aromatic heterocycles. The molecular weight excluding hydrogens is 580 g/mol. The molecule has 15 heteroatoms. The highest BCUT2D eigenvalue weighted by Gasteiger charge is 2.58. The zero-order valence-corrected chi connectivity index (χ0v) is 23.3. The molecule has 5 amide bonds. The number of imide groups is 1. The van der Waals surface area contributed by atoms with E-state index in [1.165, 1.54) is 44.2 Å². The van der Waals surface area contributed by atoms with Crippen LogP contribution < -0.4 is 10.6 Å². The number of anilines is 1. The second kappa shape index (κ2) is 11.2. The first kappa shape index (κ1) is 31.3. The van der Waals surface area contributed by atoms with Crippen molar-refractivity contribution in [3.63, 3.8) is 0 Å². The number of fused-ring (bicyclic) bond motifs is 2. The Bertz CT molecular complexity index is 1480. The van der Waals surface area contributed by atoms with E-state index in [-0.39, 0.29) is 29.7 Å². The molecule has 1 saturated heterocycles. The molecule has 1 spiro atoms. The van der Waals surface area contributed by atoms with Crippen LogP contribution in [0, 0.1) is 5.82 Å². The summed E-state index contributed by atoms with van der Waals surface area (Å²) >= 11 is 0. The Morgan fingerprint density at radius 3 is 2.37 bits per heavy atom. The third-order valence-corrected chi connectivity index (χ3v) is 7.43. The highest BCUT2D eigenvalue weighted by atomic mass is 19.4. The summed E-state index contributed by atoms with van der Waals surface area (Å²) in [6.45, 7) is 1.91. The number of rotatable bonds is 8. The van der Waals surface area contributed by atoms with Crippen LogP contribution in [0.4, 0.5) is 32.8 Å². The second-order valence-electron chi connectivity index (χ2n) is 10.8. The van der Waals surface area contributed by atoms with Gasteiger partial charge in [0.15, 0.2) is 0 Å². The van der Waals surface area contributed by atoms with Crippen molar-refractivity contribution < 1.29 is 51.4 Å². The van der Waals surface area contributed by atoms with Gasteiger partial charge in [-0.05, 0) is 62.6 Å². The van der Waals surface area contributed by atoms with E-state index < -0.39 is 72.2 Å². The van der Waals surface area contributed by atoms with E-state index in [0.29, 0.717) is 15.4 Å². The van der Waals surface area contributed by atoms with Crippen molar-refractivity contribution in [3.05, 3.63) is 65.0 Å². The summed E-state index contributed by atoms with van der Waals surface area (Å²) in [5.74, 6) is -3.37. The molecule has 1 aliphatic carbocycles. The fourth-order valence-electron chi connectivity index (χ4n) is 4.97.